The zero-order valence-corrected chi connectivity index (χ0v) is 19.5. The van der Waals surface area contributed by atoms with Crippen molar-refractivity contribution in [2.24, 2.45) is 5.73 Å². The van der Waals surface area contributed by atoms with E-state index in [-0.39, 0.29) is 41.3 Å². The fourth-order valence-electron chi connectivity index (χ4n) is 5.21. The number of carbonyl (C=O) groups is 2. The number of nitrogens with one attached hydrogen (secondary N) is 1. The standard InChI is InChI=1S/C25H27F3N4O4/c26-25(27,28)15-8-14(9-17(10-15)32-12-20-11-18(32)13-35-20)23(34)31-16-3-5-19(6-4-16)36-24-21(22(29)33)2-1-7-30-24/h1-2,7-10,16,18-20H,3-6,11-13H2,(H2,29,33)(H,31,34). The van der Waals surface area contributed by atoms with Gasteiger partial charge in [0, 0.05) is 30.0 Å². The second kappa shape index (κ2) is 9.61. The highest BCUT2D eigenvalue weighted by Crippen LogP contribution is 2.37. The number of benzene rings is 1. The van der Waals surface area contributed by atoms with Crippen molar-refractivity contribution in [3.8, 4) is 5.88 Å². The van der Waals surface area contributed by atoms with E-state index in [1.165, 1.54) is 12.3 Å². The summed E-state index contributed by atoms with van der Waals surface area (Å²) < 4.78 is 52.3. The molecule has 192 valence electrons. The van der Waals surface area contributed by atoms with Gasteiger partial charge in [-0.2, -0.15) is 13.2 Å². The first-order chi connectivity index (χ1) is 17.2. The van der Waals surface area contributed by atoms with Gasteiger partial charge in [0.15, 0.2) is 0 Å². The first-order valence-electron chi connectivity index (χ1n) is 12.0. The van der Waals surface area contributed by atoms with Gasteiger partial charge in [-0.15, -0.1) is 0 Å². The summed E-state index contributed by atoms with van der Waals surface area (Å²) in [6, 6.07) is 6.51. The maximum absolute atomic E-state index is 13.6. The van der Waals surface area contributed by atoms with E-state index in [9.17, 15) is 22.8 Å². The summed E-state index contributed by atoms with van der Waals surface area (Å²) in [6.45, 7) is 0.998. The Morgan fingerprint density at radius 1 is 1.17 bits per heavy atom. The molecule has 2 aromatic rings. The number of amides is 2. The molecule has 2 atom stereocenters. The van der Waals surface area contributed by atoms with E-state index in [1.54, 1.807) is 12.1 Å². The van der Waals surface area contributed by atoms with Crippen LogP contribution < -0.4 is 20.7 Å². The number of rotatable bonds is 6. The number of halogens is 3. The van der Waals surface area contributed by atoms with Gasteiger partial charge in [-0.3, -0.25) is 9.59 Å². The largest absolute Gasteiger partial charge is 0.474 e. The summed E-state index contributed by atoms with van der Waals surface area (Å²) in [5.74, 6) is -0.989. The first kappa shape index (κ1) is 24.4. The highest BCUT2D eigenvalue weighted by atomic mass is 19.4. The highest BCUT2D eigenvalue weighted by Gasteiger charge is 2.40. The SMILES string of the molecule is NC(=O)c1cccnc1OC1CCC(NC(=O)c2cc(N3CC4CC3CO4)cc(C(F)(F)F)c2)CC1. The highest BCUT2D eigenvalue weighted by molar-refractivity contribution is 5.96. The number of ether oxygens (including phenoxy) is 2. The van der Waals surface area contributed by atoms with Crippen molar-refractivity contribution < 1.29 is 32.2 Å². The number of carbonyl (C=O) groups excluding carboxylic acids is 2. The molecule has 3 heterocycles. The van der Waals surface area contributed by atoms with Crippen LogP contribution >= 0.6 is 0 Å². The lowest BCUT2D eigenvalue weighted by atomic mass is 9.92. The fraction of sp³-hybridized carbons (Fsp3) is 0.480. The minimum atomic E-state index is -4.56. The van der Waals surface area contributed by atoms with Gasteiger partial charge in [-0.25, -0.2) is 4.98 Å². The number of alkyl halides is 3. The van der Waals surface area contributed by atoms with E-state index in [1.807, 2.05) is 4.90 Å². The predicted molar refractivity (Wildman–Crippen MR) is 124 cm³/mol. The number of nitrogens with two attached hydrogens (primary N) is 1. The number of hydrogen-bond acceptors (Lipinski definition) is 6. The molecule has 5 rings (SSSR count). The summed E-state index contributed by atoms with van der Waals surface area (Å²) in [4.78, 5) is 30.6. The smallest absolute Gasteiger partial charge is 0.416 e. The Morgan fingerprint density at radius 2 is 1.94 bits per heavy atom. The zero-order valence-electron chi connectivity index (χ0n) is 19.5. The van der Waals surface area contributed by atoms with Crippen molar-refractivity contribution in [2.45, 2.75) is 62.6 Å². The number of nitrogens with zero attached hydrogens (tertiary/aromatic N) is 2. The van der Waals surface area contributed by atoms with Crippen molar-refractivity contribution >= 4 is 17.5 Å². The van der Waals surface area contributed by atoms with Crippen molar-refractivity contribution in [2.75, 3.05) is 18.1 Å². The summed E-state index contributed by atoms with van der Waals surface area (Å²) in [6.07, 6.45) is -0.134. The summed E-state index contributed by atoms with van der Waals surface area (Å²) in [7, 11) is 0. The van der Waals surface area contributed by atoms with Gasteiger partial charge >= 0.3 is 6.18 Å². The minimum absolute atomic E-state index is 0.0125. The first-order valence-corrected chi connectivity index (χ1v) is 12.0. The minimum Gasteiger partial charge on any atom is -0.474 e. The van der Waals surface area contributed by atoms with E-state index >= 15 is 0 Å². The molecule has 3 fully saturated rings. The third-order valence-electron chi connectivity index (χ3n) is 7.06. The molecule has 0 radical (unpaired) electrons. The van der Waals surface area contributed by atoms with Crippen molar-refractivity contribution in [3.63, 3.8) is 0 Å². The lowest BCUT2D eigenvalue weighted by Gasteiger charge is -2.31. The summed E-state index contributed by atoms with van der Waals surface area (Å²) >= 11 is 0. The number of morpholine rings is 1. The van der Waals surface area contributed by atoms with Gasteiger partial charge in [-0.05, 0) is 62.4 Å². The molecule has 2 amide bonds. The van der Waals surface area contributed by atoms with Gasteiger partial charge in [-0.1, -0.05) is 0 Å². The molecular formula is C25H27F3N4O4. The molecular weight excluding hydrogens is 477 g/mol. The number of anilines is 1. The van der Waals surface area contributed by atoms with Gasteiger partial charge in [0.05, 0.1) is 24.3 Å². The average Bonchev–Trinajstić information content (AvgIpc) is 3.49. The van der Waals surface area contributed by atoms with Crippen LogP contribution in [-0.4, -0.2) is 54.2 Å². The molecule has 3 N–H and O–H groups in total. The van der Waals surface area contributed by atoms with Gasteiger partial charge in [0.2, 0.25) is 5.88 Å². The normalized spacial score (nSPS) is 25.6. The maximum atomic E-state index is 13.6. The number of aromatic nitrogens is 1. The summed E-state index contributed by atoms with van der Waals surface area (Å²) in [5.41, 5.74) is 5.11. The number of fused-ring (bicyclic) bond motifs is 2. The van der Waals surface area contributed by atoms with E-state index < -0.39 is 23.6 Å². The van der Waals surface area contributed by atoms with E-state index in [2.05, 4.69) is 10.3 Å². The average molecular weight is 505 g/mol. The van der Waals surface area contributed by atoms with Crippen LogP contribution in [0.2, 0.25) is 0 Å². The van der Waals surface area contributed by atoms with Crippen LogP contribution in [0.5, 0.6) is 5.88 Å². The molecule has 2 aliphatic heterocycles. The molecule has 1 aliphatic carbocycles. The molecule has 1 aromatic heterocycles. The molecule has 2 saturated heterocycles. The zero-order chi connectivity index (χ0) is 25.4. The molecule has 2 unspecified atom stereocenters. The van der Waals surface area contributed by atoms with Crippen LogP contribution in [0.4, 0.5) is 18.9 Å². The number of hydrogen-bond donors (Lipinski definition) is 2. The van der Waals surface area contributed by atoms with Crippen LogP contribution in [-0.2, 0) is 10.9 Å². The third-order valence-corrected chi connectivity index (χ3v) is 7.06. The molecule has 2 bridgehead atoms. The molecule has 0 spiro atoms. The Bertz CT molecular complexity index is 1150. The second-order valence-corrected chi connectivity index (χ2v) is 9.55. The van der Waals surface area contributed by atoms with Crippen molar-refractivity contribution in [1.29, 1.82) is 0 Å². The topological polar surface area (TPSA) is 107 Å². The Labute approximate surface area is 205 Å². The Hall–Kier alpha value is -3.34. The van der Waals surface area contributed by atoms with Crippen LogP contribution in [0.25, 0.3) is 0 Å². The molecule has 11 heteroatoms. The second-order valence-electron chi connectivity index (χ2n) is 9.55. The predicted octanol–water partition coefficient (Wildman–Crippen LogP) is 3.30. The third kappa shape index (κ3) is 5.11. The van der Waals surface area contributed by atoms with E-state index in [0.717, 1.165) is 18.6 Å². The summed E-state index contributed by atoms with van der Waals surface area (Å²) in [5, 5.41) is 2.88. The molecule has 1 saturated carbocycles. The Morgan fingerprint density at radius 3 is 2.58 bits per heavy atom. The van der Waals surface area contributed by atoms with Crippen LogP contribution in [0, 0.1) is 0 Å². The van der Waals surface area contributed by atoms with Gasteiger partial charge in [0.25, 0.3) is 11.8 Å². The lowest BCUT2D eigenvalue weighted by Crippen LogP contribution is -2.40. The van der Waals surface area contributed by atoms with Crippen LogP contribution in [0.3, 0.4) is 0 Å². The van der Waals surface area contributed by atoms with Crippen LogP contribution in [0.15, 0.2) is 36.5 Å². The molecule has 3 aliphatic rings. The maximum Gasteiger partial charge on any atom is 0.416 e. The fourth-order valence-corrected chi connectivity index (χ4v) is 5.21. The monoisotopic (exact) mass is 504 g/mol. The van der Waals surface area contributed by atoms with Gasteiger partial charge in [0.1, 0.15) is 11.7 Å². The lowest BCUT2D eigenvalue weighted by molar-refractivity contribution is -0.137. The Kier molecular flexibility index (Phi) is 6.50. The van der Waals surface area contributed by atoms with E-state index in [0.29, 0.717) is 44.5 Å². The van der Waals surface area contributed by atoms with Gasteiger partial charge < -0.3 is 25.4 Å². The molecule has 36 heavy (non-hydrogen) atoms. The number of pyridine rings is 1. The van der Waals surface area contributed by atoms with E-state index in [4.69, 9.17) is 15.2 Å². The van der Waals surface area contributed by atoms with Crippen molar-refractivity contribution in [3.05, 3.63) is 53.2 Å². The quantitative estimate of drug-likeness (QED) is 0.625. The Balaban J connectivity index is 1.24. The molecule has 1 aromatic carbocycles. The van der Waals surface area contributed by atoms with Crippen molar-refractivity contribution in [1.82, 2.24) is 10.3 Å². The number of primary amides is 1. The van der Waals surface area contributed by atoms with Crippen LogP contribution in [0.1, 0.15) is 58.4 Å². The molecule has 8 nitrogen and oxygen atoms in total.